The summed E-state index contributed by atoms with van der Waals surface area (Å²) in [4.78, 5) is 11.8. The number of hydrogen-bond acceptors (Lipinski definition) is 4. The first kappa shape index (κ1) is 18.4. The molecule has 0 aromatic carbocycles. The Morgan fingerprint density at radius 2 is 1.89 bits per heavy atom. The van der Waals surface area contributed by atoms with Gasteiger partial charge >= 0.3 is 5.97 Å². The van der Waals surface area contributed by atoms with Crippen LogP contribution in [0.3, 0.4) is 0 Å². The molecular weight excluding hydrogens is 242 g/mol. The van der Waals surface area contributed by atoms with Gasteiger partial charge in [0.1, 0.15) is 5.54 Å². The van der Waals surface area contributed by atoms with E-state index in [2.05, 4.69) is 19.2 Å². The molecule has 0 aliphatic rings. The third-order valence-corrected chi connectivity index (χ3v) is 3.75. The lowest BCUT2D eigenvalue weighted by molar-refractivity contribution is -0.150. The average molecular weight is 273 g/mol. The van der Waals surface area contributed by atoms with Gasteiger partial charge in [-0.05, 0) is 39.7 Å². The van der Waals surface area contributed by atoms with Crippen LogP contribution in [0.2, 0.25) is 0 Å². The number of nitrogens with one attached hydrogen (secondary N) is 1. The first-order chi connectivity index (χ1) is 9.03. The monoisotopic (exact) mass is 273 g/mol. The SMILES string of the molecule is CCOC(=O)C(C)(CCCOCC(CC)CC)NC. The van der Waals surface area contributed by atoms with Gasteiger partial charge in [0.15, 0.2) is 0 Å². The van der Waals surface area contributed by atoms with Crippen LogP contribution >= 0.6 is 0 Å². The van der Waals surface area contributed by atoms with E-state index in [0.717, 1.165) is 32.3 Å². The third kappa shape index (κ3) is 6.92. The van der Waals surface area contributed by atoms with Gasteiger partial charge in [0.2, 0.25) is 0 Å². The molecule has 0 spiro atoms. The van der Waals surface area contributed by atoms with Crippen molar-refractivity contribution < 1.29 is 14.3 Å². The molecule has 0 rings (SSSR count). The fraction of sp³-hybridized carbons (Fsp3) is 0.933. The zero-order valence-corrected chi connectivity index (χ0v) is 13.3. The topological polar surface area (TPSA) is 47.6 Å². The molecular formula is C15H31NO3. The van der Waals surface area contributed by atoms with Gasteiger partial charge < -0.3 is 14.8 Å². The van der Waals surface area contributed by atoms with Crippen molar-refractivity contribution >= 4 is 5.97 Å². The Labute approximate surface area is 118 Å². The van der Waals surface area contributed by atoms with E-state index in [1.165, 1.54) is 0 Å². The Hall–Kier alpha value is -0.610. The van der Waals surface area contributed by atoms with Crippen LogP contribution < -0.4 is 5.32 Å². The normalized spacial score (nSPS) is 14.4. The summed E-state index contributed by atoms with van der Waals surface area (Å²) < 4.78 is 10.8. The molecule has 0 aliphatic heterocycles. The van der Waals surface area contributed by atoms with Crippen LogP contribution in [0.15, 0.2) is 0 Å². The van der Waals surface area contributed by atoms with Crippen LogP contribution in [-0.2, 0) is 14.3 Å². The average Bonchev–Trinajstić information content (AvgIpc) is 2.42. The number of ether oxygens (including phenoxy) is 2. The molecule has 114 valence electrons. The molecule has 0 saturated carbocycles. The van der Waals surface area contributed by atoms with Gasteiger partial charge in [0.25, 0.3) is 0 Å². The zero-order valence-electron chi connectivity index (χ0n) is 13.3. The van der Waals surface area contributed by atoms with Gasteiger partial charge in [-0.2, -0.15) is 0 Å². The number of esters is 1. The molecule has 0 bridgehead atoms. The van der Waals surface area contributed by atoms with E-state index < -0.39 is 5.54 Å². The van der Waals surface area contributed by atoms with Gasteiger partial charge in [-0.15, -0.1) is 0 Å². The zero-order chi connectivity index (χ0) is 14.7. The molecule has 4 nitrogen and oxygen atoms in total. The second-order valence-corrected chi connectivity index (χ2v) is 5.16. The highest BCUT2D eigenvalue weighted by molar-refractivity contribution is 5.80. The standard InChI is InChI=1S/C15H31NO3/c1-6-13(7-2)12-18-11-9-10-15(4,16-5)14(17)19-8-3/h13,16H,6-12H2,1-5H3. The second-order valence-electron chi connectivity index (χ2n) is 5.16. The van der Waals surface area contributed by atoms with Crippen molar-refractivity contribution in [3.05, 3.63) is 0 Å². The Kier molecular flexibility index (Phi) is 9.88. The number of carbonyl (C=O) groups is 1. The fourth-order valence-electron chi connectivity index (χ4n) is 1.92. The number of carbonyl (C=O) groups excluding carboxylic acids is 1. The lowest BCUT2D eigenvalue weighted by Gasteiger charge is -2.26. The van der Waals surface area contributed by atoms with Gasteiger partial charge in [0, 0.05) is 13.2 Å². The summed E-state index contributed by atoms with van der Waals surface area (Å²) >= 11 is 0. The van der Waals surface area contributed by atoms with Gasteiger partial charge in [-0.1, -0.05) is 26.7 Å². The molecule has 0 radical (unpaired) electrons. The van der Waals surface area contributed by atoms with E-state index in [1.54, 1.807) is 7.05 Å². The van der Waals surface area contributed by atoms with E-state index in [0.29, 0.717) is 19.1 Å². The van der Waals surface area contributed by atoms with Gasteiger partial charge in [-0.3, -0.25) is 4.79 Å². The summed E-state index contributed by atoms with van der Waals surface area (Å²) in [5, 5.41) is 3.05. The first-order valence-corrected chi connectivity index (χ1v) is 7.47. The van der Waals surface area contributed by atoms with Crippen LogP contribution in [-0.4, -0.2) is 38.4 Å². The maximum absolute atomic E-state index is 11.8. The molecule has 1 N–H and O–H groups in total. The van der Waals surface area contributed by atoms with Crippen molar-refractivity contribution in [2.75, 3.05) is 26.9 Å². The molecule has 19 heavy (non-hydrogen) atoms. The maximum atomic E-state index is 11.8. The van der Waals surface area contributed by atoms with Gasteiger partial charge in [0.05, 0.1) is 6.61 Å². The summed E-state index contributed by atoms with van der Waals surface area (Å²) in [6.07, 6.45) is 3.91. The highest BCUT2D eigenvalue weighted by Crippen LogP contribution is 2.15. The first-order valence-electron chi connectivity index (χ1n) is 7.47. The molecule has 0 aliphatic carbocycles. The predicted molar refractivity (Wildman–Crippen MR) is 78.2 cm³/mol. The molecule has 1 atom stereocenters. The second kappa shape index (κ2) is 10.2. The quantitative estimate of drug-likeness (QED) is 0.464. The molecule has 0 saturated heterocycles. The minimum Gasteiger partial charge on any atom is -0.465 e. The molecule has 0 amide bonds. The van der Waals surface area contributed by atoms with Crippen molar-refractivity contribution in [2.24, 2.45) is 5.92 Å². The molecule has 1 unspecified atom stereocenters. The number of rotatable bonds is 11. The maximum Gasteiger partial charge on any atom is 0.326 e. The summed E-state index contributed by atoms with van der Waals surface area (Å²) in [6, 6.07) is 0. The van der Waals surface area contributed by atoms with Crippen molar-refractivity contribution in [3.8, 4) is 0 Å². The molecule has 0 fully saturated rings. The molecule has 4 heteroatoms. The minimum absolute atomic E-state index is 0.183. The smallest absolute Gasteiger partial charge is 0.326 e. The largest absolute Gasteiger partial charge is 0.465 e. The van der Waals surface area contributed by atoms with Crippen LogP contribution in [0.1, 0.15) is 53.4 Å². The Morgan fingerprint density at radius 3 is 2.37 bits per heavy atom. The van der Waals surface area contributed by atoms with Gasteiger partial charge in [-0.25, -0.2) is 0 Å². The summed E-state index contributed by atoms with van der Waals surface area (Å²) in [5.74, 6) is 0.471. The predicted octanol–water partition coefficient (Wildman–Crippen LogP) is 2.76. The highest BCUT2D eigenvalue weighted by atomic mass is 16.5. The number of likely N-dealkylation sites (N-methyl/N-ethyl adjacent to an activating group) is 1. The van der Waals surface area contributed by atoms with Crippen LogP contribution in [0.4, 0.5) is 0 Å². The molecule has 0 aromatic heterocycles. The van der Waals surface area contributed by atoms with Crippen LogP contribution in [0.5, 0.6) is 0 Å². The van der Waals surface area contributed by atoms with Crippen molar-refractivity contribution in [2.45, 2.75) is 58.9 Å². The Morgan fingerprint density at radius 1 is 1.26 bits per heavy atom. The summed E-state index contributed by atoms with van der Waals surface area (Å²) in [5.41, 5.74) is -0.603. The van der Waals surface area contributed by atoms with E-state index in [1.807, 2.05) is 13.8 Å². The van der Waals surface area contributed by atoms with Crippen LogP contribution in [0, 0.1) is 5.92 Å². The summed E-state index contributed by atoms with van der Waals surface area (Å²) in [7, 11) is 1.79. The van der Waals surface area contributed by atoms with E-state index in [-0.39, 0.29) is 5.97 Å². The minimum atomic E-state index is -0.603. The third-order valence-electron chi connectivity index (χ3n) is 3.75. The lowest BCUT2D eigenvalue weighted by Crippen LogP contribution is -2.48. The van der Waals surface area contributed by atoms with E-state index in [9.17, 15) is 4.79 Å². The van der Waals surface area contributed by atoms with Crippen molar-refractivity contribution in [1.29, 1.82) is 0 Å². The Balaban J connectivity index is 3.92. The van der Waals surface area contributed by atoms with Crippen LogP contribution in [0.25, 0.3) is 0 Å². The summed E-state index contributed by atoms with van der Waals surface area (Å²) in [6.45, 7) is 10.0. The molecule has 0 aromatic rings. The molecule has 0 heterocycles. The van der Waals surface area contributed by atoms with Crippen molar-refractivity contribution in [1.82, 2.24) is 5.32 Å². The fourth-order valence-corrected chi connectivity index (χ4v) is 1.92. The van der Waals surface area contributed by atoms with Crippen molar-refractivity contribution in [3.63, 3.8) is 0 Å². The van der Waals surface area contributed by atoms with E-state index >= 15 is 0 Å². The lowest BCUT2D eigenvalue weighted by atomic mass is 9.96. The number of hydrogen-bond donors (Lipinski definition) is 1. The Bertz CT molecular complexity index is 242. The van der Waals surface area contributed by atoms with E-state index in [4.69, 9.17) is 9.47 Å². The highest BCUT2D eigenvalue weighted by Gasteiger charge is 2.32.